The molecule has 0 aliphatic carbocycles. The van der Waals surface area contributed by atoms with Crippen LogP contribution in [0.1, 0.15) is 16.5 Å². The van der Waals surface area contributed by atoms with Crippen LogP contribution in [0.2, 0.25) is 0 Å². The summed E-state index contributed by atoms with van der Waals surface area (Å²) in [7, 11) is 2.95. The van der Waals surface area contributed by atoms with Gasteiger partial charge in [-0.3, -0.25) is 0 Å². The van der Waals surface area contributed by atoms with Gasteiger partial charge in [-0.1, -0.05) is 6.07 Å². The van der Waals surface area contributed by atoms with Crippen LogP contribution in [0, 0.1) is 17.5 Å². The molecule has 21 heavy (non-hydrogen) atoms. The van der Waals surface area contributed by atoms with Gasteiger partial charge in [0.05, 0.1) is 19.6 Å². The van der Waals surface area contributed by atoms with E-state index in [1.165, 1.54) is 14.2 Å². The second-order valence-corrected chi connectivity index (χ2v) is 4.71. The molecule has 0 fully saturated rings. The first-order chi connectivity index (χ1) is 9.97. The Labute approximate surface area is 125 Å². The van der Waals surface area contributed by atoms with E-state index in [9.17, 15) is 13.2 Å². The zero-order chi connectivity index (χ0) is 15.6. The van der Waals surface area contributed by atoms with Gasteiger partial charge in [-0.05, 0) is 35.4 Å². The van der Waals surface area contributed by atoms with E-state index in [4.69, 9.17) is 21.1 Å². The van der Waals surface area contributed by atoms with Crippen molar-refractivity contribution in [1.29, 1.82) is 0 Å². The summed E-state index contributed by atoms with van der Waals surface area (Å²) in [4.78, 5) is 0. The molecule has 1 atom stereocenters. The van der Waals surface area contributed by atoms with Gasteiger partial charge in [0.1, 0.15) is 0 Å². The Morgan fingerprint density at radius 3 is 1.95 bits per heavy atom. The maximum atomic E-state index is 13.3. The van der Waals surface area contributed by atoms with Crippen molar-refractivity contribution in [2.75, 3.05) is 14.2 Å². The van der Waals surface area contributed by atoms with E-state index < -0.39 is 22.8 Å². The molecule has 0 heterocycles. The number of rotatable bonds is 4. The van der Waals surface area contributed by atoms with Crippen molar-refractivity contribution >= 4 is 11.6 Å². The lowest BCUT2D eigenvalue weighted by atomic mass is 10.0. The summed E-state index contributed by atoms with van der Waals surface area (Å²) in [5.74, 6) is -3.15. The van der Waals surface area contributed by atoms with Crippen LogP contribution in [0.4, 0.5) is 13.2 Å². The normalized spacial score (nSPS) is 12.1. The van der Waals surface area contributed by atoms with Crippen molar-refractivity contribution < 1.29 is 22.6 Å². The molecule has 2 rings (SSSR count). The van der Waals surface area contributed by atoms with E-state index in [1.54, 1.807) is 18.2 Å². The van der Waals surface area contributed by atoms with E-state index in [2.05, 4.69) is 0 Å². The molecule has 1 unspecified atom stereocenters. The highest BCUT2D eigenvalue weighted by Crippen LogP contribution is 2.36. The van der Waals surface area contributed by atoms with Crippen molar-refractivity contribution in [3.05, 3.63) is 58.9 Å². The smallest absolute Gasteiger partial charge is 0.194 e. The quantitative estimate of drug-likeness (QED) is 0.613. The maximum Gasteiger partial charge on any atom is 0.194 e. The molecule has 112 valence electrons. The zero-order valence-corrected chi connectivity index (χ0v) is 12.0. The molecular weight excluding hydrogens is 305 g/mol. The summed E-state index contributed by atoms with van der Waals surface area (Å²) < 4.78 is 49.7. The fourth-order valence-electron chi connectivity index (χ4n) is 1.92. The number of halogens is 4. The van der Waals surface area contributed by atoms with Gasteiger partial charge < -0.3 is 9.47 Å². The molecule has 0 saturated heterocycles. The fourth-order valence-corrected chi connectivity index (χ4v) is 2.19. The van der Waals surface area contributed by atoms with Gasteiger partial charge >= 0.3 is 0 Å². The second-order valence-electron chi connectivity index (χ2n) is 4.28. The third-order valence-electron chi connectivity index (χ3n) is 3.00. The molecule has 2 aromatic carbocycles. The van der Waals surface area contributed by atoms with E-state index in [0.29, 0.717) is 17.1 Å². The Balaban J connectivity index is 2.42. The minimum atomic E-state index is -1.52. The van der Waals surface area contributed by atoms with Gasteiger partial charge in [0, 0.05) is 0 Å². The van der Waals surface area contributed by atoms with Crippen molar-refractivity contribution in [2.45, 2.75) is 5.38 Å². The van der Waals surface area contributed by atoms with Crippen LogP contribution >= 0.6 is 11.6 Å². The van der Waals surface area contributed by atoms with Gasteiger partial charge in [-0.25, -0.2) is 13.2 Å². The van der Waals surface area contributed by atoms with E-state index in [1.807, 2.05) is 0 Å². The van der Waals surface area contributed by atoms with Crippen molar-refractivity contribution in [3.63, 3.8) is 0 Å². The summed E-state index contributed by atoms with van der Waals surface area (Å²) in [6.45, 7) is 0. The predicted octanol–water partition coefficient (Wildman–Crippen LogP) is 4.45. The Morgan fingerprint density at radius 1 is 0.857 bits per heavy atom. The maximum absolute atomic E-state index is 13.3. The first kappa shape index (κ1) is 15.5. The highest BCUT2D eigenvalue weighted by atomic mass is 35.5. The summed E-state index contributed by atoms with van der Waals surface area (Å²) in [6, 6.07) is 6.59. The standard InChI is InChI=1S/C15H12ClF3O2/c1-20-12-4-3-8(7-13(12)21-2)14(16)9-5-10(17)15(19)11(18)6-9/h3-7,14H,1-2H3. The first-order valence-corrected chi connectivity index (χ1v) is 6.42. The molecule has 0 spiro atoms. The van der Waals surface area contributed by atoms with Crippen molar-refractivity contribution in [1.82, 2.24) is 0 Å². The SMILES string of the molecule is COc1ccc(C(Cl)c2cc(F)c(F)c(F)c2)cc1OC. The van der Waals surface area contributed by atoms with Crippen LogP contribution in [-0.4, -0.2) is 14.2 Å². The minimum Gasteiger partial charge on any atom is -0.493 e. The Morgan fingerprint density at radius 2 is 1.43 bits per heavy atom. The number of hydrogen-bond donors (Lipinski definition) is 0. The summed E-state index contributed by atoms with van der Waals surface area (Å²) in [5, 5.41) is -0.852. The van der Waals surface area contributed by atoms with Crippen LogP contribution < -0.4 is 9.47 Å². The monoisotopic (exact) mass is 316 g/mol. The molecule has 0 bridgehead atoms. The molecule has 0 amide bonds. The predicted molar refractivity (Wildman–Crippen MR) is 73.6 cm³/mol. The summed E-state index contributed by atoms with van der Waals surface area (Å²) in [6.07, 6.45) is 0. The highest BCUT2D eigenvalue weighted by molar-refractivity contribution is 6.22. The minimum absolute atomic E-state index is 0.111. The average molecular weight is 317 g/mol. The Bertz CT molecular complexity index is 638. The average Bonchev–Trinajstić information content (AvgIpc) is 2.50. The molecule has 0 saturated carbocycles. The van der Waals surface area contributed by atoms with Crippen LogP contribution in [0.15, 0.2) is 30.3 Å². The largest absolute Gasteiger partial charge is 0.493 e. The molecule has 2 nitrogen and oxygen atoms in total. The zero-order valence-electron chi connectivity index (χ0n) is 11.3. The molecule has 0 aliphatic heterocycles. The molecule has 6 heteroatoms. The molecule has 0 N–H and O–H groups in total. The van der Waals surface area contributed by atoms with Gasteiger partial charge in [-0.15, -0.1) is 11.6 Å². The van der Waals surface area contributed by atoms with E-state index in [0.717, 1.165) is 12.1 Å². The number of benzene rings is 2. The van der Waals surface area contributed by atoms with Crippen LogP contribution in [0.5, 0.6) is 11.5 Å². The second kappa shape index (κ2) is 6.26. The molecule has 0 radical (unpaired) electrons. The molecule has 0 aromatic heterocycles. The number of alkyl halides is 1. The fraction of sp³-hybridized carbons (Fsp3) is 0.200. The third kappa shape index (κ3) is 3.08. The lowest BCUT2D eigenvalue weighted by molar-refractivity contribution is 0.354. The number of hydrogen-bond acceptors (Lipinski definition) is 2. The molecular formula is C15H12ClF3O2. The lowest BCUT2D eigenvalue weighted by Crippen LogP contribution is -2.00. The lowest BCUT2D eigenvalue weighted by Gasteiger charge is -2.14. The van der Waals surface area contributed by atoms with Gasteiger partial charge in [0.25, 0.3) is 0 Å². The van der Waals surface area contributed by atoms with Crippen LogP contribution in [0.3, 0.4) is 0 Å². The topological polar surface area (TPSA) is 18.5 Å². The van der Waals surface area contributed by atoms with Gasteiger partial charge in [0.2, 0.25) is 0 Å². The highest BCUT2D eigenvalue weighted by Gasteiger charge is 2.18. The number of ether oxygens (including phenoxy) is 2. The Hall–Kier alpha value is -1.88. The van der Waals surface area contributed by atoms with E-state index >= 15 is 0 Å². The first-order valence-electron chi connectivity index (χ1n) is 5.98. The molecule has 0 aliphatic rings. The van der Waals surface area contributed by atoms with E-state index in [-0.39, 0.29) is 5.56 Å². The third-order valence-corrected chi connectivity index (χ3v) is 3.50. The molecule has 2 aromatic rings. The van der Waals surface area contributed by atoms with Crippen molar-refractivity contribution in [2.24, 2.45) is 0 Å². The summed E-state index contributed by atoms with van der Waals surface area (Å²) in [5.41, 5.74) is 0.653. The summed E-state index contributed by atoms with van der Waals surface area (Å²) >= 11 is 6.20. The number of methoxy groups -OCH3 is 2. The Kier molecular flexibility index (Phi) is 4.63. The van der Waals surface area contributed by atoms with Crippen LogP contribution in [-0.2, 0) is 0 Å². The van der Waals surface area contributed by atoms with Gasteiger partial charge in [-0.2, -0.15) is 0 Å². The van der Waals surface area contributed by atoms with Crippen LogP contribution in [0.25, 0.3) is 0 Å². The van der Waals surface area contributed by atoms with Gasteiger partial charge in [0.15, 0.2) is 29.0 Å². The van der Waals surface area contributed by atoms with Crippen molar-refractivity contribution in [3.8, 4) is 11.5 Å².